The minimum atomic E-state index is -0.668. The largest absolute Gasteiger partial charge is 0.296 e. The summed E-state index contributed by atoms with van der Waals surface area (Å²) in [6.45, 7) is 10.3. The molecule has 1 saturated heterocycles. The lowest BCUT2D eigenvalue weighted by Gasteiger charge is -2.30. The van der Waals surface area contributed by atoms with Crippen molar-refractivity contribution in [2.75, 3.05) is 0 Å². The molecule has 5 heteroatoms. The van der Waals surface area contributed by atoms with Crippen LogP contribution in [0.3, 0.4) is 0 Å². The maximum atomic E-state index is 12.7. The van der Waals surface area contributed by atoms with Crippen molar-refractivity contribution in [1.82, 2.24) is 10.2 Å². The van der Waals surface area contributed by atoms with Gasteiger partial charge in [-0.3, -0.25) is 24.6 Å². The van der Waals surface area contributed by atoms with Crippen molar-refractivity contribution in [2.45, 2.75) is 45.1 Å². The third-order valence-corrected chi connectivity index (χ3v) is 4.46. The van der Waals surface area contributed by atoms with Gasteiger partial charge in [-0.25, -0.2) is 0 Å². The van der Waals surface area contributed by atoms with E-state index in [0.717, 1.165) is 11.1 Å². The molecule has 0 spiro atoms. The zero-order chi connectivity index (χ0) is 16.9. The number of hydrogen-bond acceptors (Lipinski definition) is 3. The van der Waals surface area contributed by atoms with E-state index >= 15 is 0 Å². The molecule has 0 aliphatic carbocycles. The Morgan fingerprint density at radius 3 is 2.48 bits per heavy atom. The molecule has 23 heavy (non-hydrogen) atoms. The molecule has 0 radical (unpaired) electrons. The van der Waals surface area contributed by atoms with Gasteiger partial charge in [0.15, 0.2) is 0 Å². The number of imide groups is 1. The molecule has 120 valence electrons. The maximum absolute atomic E-state index is 12.7. The van der Waals surface area contributed by atoms with Gasteiger partial charge in [0.1, 0.15) is 6.04 Å². The third kappa shape index (κ3) is 2.46. The summed E-state index contributed by atoms with van der Waals surface area (Å²) >= 11 is 0. The Hall–Kier alpha value is -2.43. The van der Waals surface area contributed by atoms with E-state index in [2.05, 4.69) is 32.7 Å². The van der Waals surface area contributed by atoms with E-state index in [1.54, 1.807) is 6.07 Å². The average molecular weight is 312 g/mol. The molecule has 1 unspecified atom stereocenters. The molecule has 1 atom stereocenters. The van der Waals surface area contributed by atoms with Crippen LogP contribution in [0.25, 0.3) is 5.70 Å². The fourth-order valence-corrected chi connectivity index (χ4v) is 3.08. The van der Waals surface area contributed by atoms with Crippen LogP contribution < -0.4 is 5.32 Å². The SMILES string of the molecule is C=C1c2cc(C(C)(C)C)ccc2C(=O)N1C1CCC(=O)NC1=O. The third-order valence-electron chi connectivity index (χ3n) is 4.46. The van der Waals surface area contributed by atoms with Gasteiger partial charge in [0.2, 0.25) is 11.8 Å². The van der Waals surface area contributed by atoms with Gasteiger partial charge in [0.25, 0.3) is 5.91 Å². The fraction of sp³-hybridized carbons (Fsp3) is 0.389. The summed E-state index contributed by atoms with van der Waals surface area (Å²) in [6, 6.07) is 5.05. The molecule has 1 fully saturated rings. The standard InChI is InChI=1S/C18H20N2O3/c1-10-13-9-11(18(2,3)4)5-6-12(13)17(23)20(10)14-7-8-15(21)19-16(14)22/h5-6,9,14H,1,7-8H2,2-4H3,(H,19,21,22). The zero-order valence-electron chi connectivity index (χ0n) is 13.6. The van der Waals surface area contributed by atoms with Crippen molar-refractivity contribution >= 4 is 23.4 Å². The molecule has 0 bridgehead atoms. The highest BCUT2D eigenvalue weighted by Crippen LogP contribution is 2.37. The molecular formula is C18H20N2O3. The Morgan fingerprint density at radius 1 is 1.17 bits per heavy atom. The van der Waals surface area contributed by atoms with Crippen LogP contribution in [0.4, 0.5) is 0 Å². The molecule has 3 amide bonds. The van der Waals surface area contributed by atoms with Gasteiger partial charge in [-0.1, -0.05) is 33.4 Å². The average Bonchev–Trinajstić information content (AvgIpc) is 2.71. The molecule has 0 aromatic heterocycles. The van der Waals surface area contributed by atoms with Crippen LogP contribution in [0.5, 0.6) is 0 Å². The second-order valence-electron chi connectivity index (χ2n) is 7.10. The number of nitrogens with one attached hydrogen (secondary N) is 1. The summed E-state index contributed by atoms with van der Waals surface area (Å²) in [5.74, 6) is -0.949. The normalized spacial score (nSPS) is 21.5. The Labute approximate surface area is 135 Å². The Balaban J connectivity index is 1.98. The number of amides is 3. The summed E-state index contributed by atoms with van der Waals surface area (Å²) in [5.41, 5.74) is 2.93. The summed E-state index contributed by atoms with van der Waals surface area (Å²) in [7, 11) is 0. The predicted octanol–water partition coefficient (Wildman–Crippen LogP) is 2.22. The molecule has 0 saturated carbocycles. The van der Waals surface area contributed by atoms with Crippen LogP contribution in [0.15, 0.2) is 24.8 Å². The molecule has 5 nitrogen and oxygen atoms in total. The Kier molecular flexibility index (Phi) is 3.39. The van der Waals surface area contributed by atoms with Crippen molar-refractivity contribution < 1.29 is 14.4 Å². The van der Waals surface area contributed by atoms with Crippen LogP contribution in [-0.4, -0.2) is 28.7 Å². The minimum Gasteiger partial charge on any atom is -0.296 e. The fourth-order valence-electron chi connectivity index (χ4n) is 3.08. The van der Waals surface area contributed by atoms with Crippen molar-refractivity contribution in [1.29, 1.82) is 0 Å². The van der Waals surface area contributed by atoms with E-state index in [0.29, 0.717) is 17.7 Å². The summed E-state index contributed by atoms with van der Waals surface area (Å²) in [4.78, 5) is 37.5. The molecule has 2 heterocycles. The highest BCUT2D eigenvalue weighted by molar-refractivity contribution is 6.12. The summed E-state index contributed by atoms with van der Waals surface area (Å²) in [5, 5.41) is 2.30. The number of rotatable bonds is 1. The smallest absolute Gasteiger partial charge is 0.259 e. The second kappa shape index (κ2) is 5.05. The lowest BCUT2D eigenvalue weighted by atomic mass is 9.85. The van der Waals surface area contributed by atoms with Gasteiger partial charge in [-0.15, -0.1) is 0 Å². The monoisotopic (exact) mass is 312 g/mol. The van der Waals surface area contributed by atoms with Crippen molar-refractivity contribution in [3.63, 3.8) is 0 Å². The molecule has 1 N–H and O–H groups in total. The highest BCUT2D eigenvalue weighted by Gasteiger charge is 2.41. The summed E-state index contributed by atoms with van der Waals surface area (Å²) < 4.78 is 0. The first-order valence-electron chi connectivity index (χ1n) is 7.71. The number of nitrogens with zero attached hydrogens (tertiary/aromatic N) is 1. The summed E-state index contributed by atoms with van der Waals surface area (Å²) in [6.07, 6.45) is 0.562. The lowest BCUT2D eigenvalue weighted by molar-refractivity contribution is -0.136. The second-order valence-corrected chi connectivity index (χ2v) is 7.10. The predicted molar refractivity (Wildman–Crippen MR) is 86.5 cm³/mol. The minimum absolute atomic E-state index is 0.0413. The Bertz CT molecular complexity index is 743. The first-order chi connectivity index (χ1) is 10.7. The maximum Gasteiger partial charge on any atom is 0.259 e. The number of hydrogen-bond donors (Lipinski definition) is 1. The van der Waals surface area contributed by atoms with E-state index in [1.165, 1.54) is 4.90 Å². The van der Waals surface area contributed by atoms with Gasteiger partial charge in [0, 0.05) is 23.2 Å². The van der Waals surface area contributed by atoms with E-state index in [4.69, 9.17) is 0 Å². The van der Waals surface area contributed by atoms with Gasteiger partial charge in [-0.2, -0.15) is 0 Å². The van der Waals surface area contributed by atoms with Crippen LogP contribution in [0.2, 0.25) is 0 Å². The first kappa shape index (κ1) is 15.5. The van der Waals surface area contributed by atoms with Crippen LogP contribution in [0, 0.1) is 0 Å². The van der Waals surface area contributed by atoms with Gasteiger partial charge >= 0.3 is 0 Å². The number of piperidine rings is 1. The lowest BCUT2D eigenvalue weighted by Crippen LogP contribution is -2.52. The van der Waals surface area contributed by atoms with Crippen LogP contribution in [-0.2, 0) is 15.0 Å². The van der Waals surface area contributed by atoms with Crippen molar-refractivity contribution in [3.8, 4) is 0 Å². The number of carbonyl (C=O) groups excluding carboxylic acids is 3. The van der Waals surface area contributed by atoms with Gasteiger partial charge in [-0.05, 0) is 29.5 Å². The molecule has 2 aliphatic heterocycles. The molecule has 1 aromatic carbocycles. The number of benzene rings is 1. The Morgan fingerprint density at radius 2 is 1.87 bits per heavy atom. The van der Waals surface area contributed by atoms with Crippen LogP contribution in [0.1, 0.15) is 55.1 Å². The topological polar surface area (TPSA) is 66.5 Å². The van der Waals surface area contributed by atoms with E-state index in [1.807, 2.05) is 12.1 Å². The number of carbonyl (C=O) groups is 3. The molecular weight excluding hydrogens is 292 g/mol. The molecule has 3 rings (SSSR count). The van der Waals surface area contributed by atoms with E-state index < -0.39 is 11.9 Å². The van der Waals surface area contributed by atoms with Crippen molar-refractivity contribution in [2.24, 2.45) is 0 Å². The van der Waals surface area contributed by atoms with Gasteiger partial charge in [0.05, 0.1) is 0 Å². The highest BCUT2D eigenvalue weighted by atomic mass is 16.2. The zero-order valence-corrected chi connectivity index (χ0v) is 13.6. The van der Waals surface area contributed by atoms with Crippen molar-refractivity contribution in [3.05, 3.63) is 41.5 Å². The quantitative estimate of drug-likeness (QED) is 0.809. The van der Waals surface area contributed by atoms with E-state index in [9.17, 15) is 14.4 Å². The first-order valence-corrected chi connectivity index (χ1v) is 7.71. The number of fused-ring (bicyclic) bond motifs is 1. The molecule has 1 aromatic rings. The van der Waals surface area contributed by atoms with Gasteiger partial charge < -0.3 is 0 Å². The van der Waals surface area contributed by atoms with E-state index in [-0.39, 0.29) is 23.7 Å². The molecule has 2 aliphatic rings. The van der Waals surface area contributed by atoms with Crippen LogP contribution >= 0.6 is 0 Å².